The normalized spacial score (nSPS) is 11.6. The number of amides is 1. The van der Waals surface area contributed by atoms with Gasteiger partial charge in [0.25, 0.3) is 0 Å². The lowest BCUT2D eigenvalue weighted by Crippen LogP contribution is -2.27. The molecule has 5 nitrogen and oxygen atoms in total. The first-order valence-corrected chi connectivity index (χ1v) is 6.21. The Bertz CT molecular complexity index is 623. The summed E-state index contributed by atoms with van der Waals surface area (Å²) in [6.45, 7) is 9.40. The predicted octanol–water partition coefficient (Wildman–Crippen LogP) is 3.30. The summed E-state index contributed by atoms with van der Waals surface area (Å²) in [7, 11) is 0. The smallest absolute Gasteiger partial charge is 0.413 e. The van der Waals surface area contributed by atoms with E-state index in [1.807, 2.05) is 57.3 Å². The van der Waals surface area contributed by atoms with Gasteiger partial charge in [-0.1, -0.05) is 6.07 Å². The Morgan fingerprint density at radius 2 is 2.00 bits per heavy atom. The molecule has 5 heteroatoms. The van der Waals surface area contributed by atoms with Gasteiger partial charge in [-0.25, -0.2) is 9.78 Å². The minimum absolute atomic E-state index is 0.490. The number of aromatic nitrogens is 2. The molecule has 0 atom stereocenters. The lowest BCUT2D eigenvalue weighted by molar-refractivity contribution is 0.0635. The van der Waals surface area contributed by atoms with Crippen molar-refractivity contribution in [1.29, 1.82) is 0 Å². The summed E-state index contributed by atoms with van der Waals surface area (Å²) in [6, 6.07) is 3.90. The molecule has 0 saturated carbocycles. The van der Waals surface area contributed by atoms with Crippen LogP contribution in [0.15, 0.2) is 18.3 Å². The van der Waals surface area contributed by atoms with Gasteiger partial charge in [-0.2, -0.15) is 0 Å². The van der Waals surface area contributed by atoms with Crippen LogP contribution in [0, 0.1) is 13.8 Å². The number of carbonyl (C=O) groups excluding carboxylic acids is 1. The Morgan fingerprint density at radius 1 is 1.32 bits per heavy atom. The molecule has 1 amide bonds. The van der Waals surface area contributed by atoms with Gasteiger partial charge in [-0.05, 0) is 46.2 Å². The summed E-state index contributed by atoms with van der Waals surface area (Å²) < 4.78 is 7.16. The molecular formula is C14H19N3O2. The number of pyridine rings is 1. The van der Waals surface area contributed by atoms with Gasteiger partial charge in [-0.3, -0.25) is 5.32 Å². The van der Waals surface area contributed by atoms with Crippen LogP contribution >= 0.6 is 0 Å². The number of nitrogens with one attached hydrogen (secondary N) is 1. The molecule has 0 radical (unpaired) electrons. The van der Waals surface area contributed by atoms with E-state index in [-0.39, 0.29) is 0 Å². The topological polar surface area (TPSA) is 55.6 Å². The molecule has 2 aromatic heterocycles. The van der Waals surface area contributed by atoms with Crippen LogP contribution in [0.5, 0.6) is 0 Å². The third-order valence-corrected chi connectivity index (χ3v) is 2.62. The van der Waals surface area contributed by atoms with E-state index < -0.39 is 11.7 Å². The van der Waals surface area contributed by atoms with Crippen molar-refractivity contribution < 1.29 is 9.53 Å². The molecule has 0 aliphatic carbocycles. The van der Waals surface area contributed by atoms with Crippen molar-refractivity contribution in [2.75, 3.05) is 5.32 Å². The minimum atomic E-state index is -0.520. The zero-order chi connectivity index (χ0) is 14.2. The molecule has 0 spiro atoms. The molecule has 2 rings (SSSR count). The number of anilines is 1. The van der Waals surface area contributed by atoms with Crippen molar-refractivity contribution in [2.45, 2.75) is 40.2 Å². The van der Waals surface area contributed by atoms with E-state index >= 15 is 0 Å². The fraction of sp³-hybridized carbons (Fsp3) is 0.429. The van der Waals surface area contributed by atoms with Crippen molar-refractivity contribution in [3.05, 3.63) is 29.6 Å². The standard InChI is InChI=1S/C14H19N3O2/c1-9-6-7-11-15-12(10(2)17(11)8-9)16-13(18)19-14(3,4)5/h6-8H,1-5H3,(H,16,18). The second kappa shape index (κ2) is 4.57. The first kappa shape index (κ1) is 13.4. The Hall–Kier alpha value is -2.04. The maximum absolute atomic E-state index is 11.7. The molecular weight excluding hydrogens is 242 g/mol. The quantitative estimate of drug-likeness (QED) is 0.857. The lowest BCUT2D eigenvalue weighted by Gasteiger charge is -2.19. The van der Waals surface area contributed by atoms with Crippen LogP contribution in [0.2, 0.25) is 0 Å². The zero-order valence-electron chi connectivity index (χ0n) is 11.9. The molecule has 2 heterocycles. The van der Waals surface area contributed by atoms with Gasteiger partial charge in [-0.15, -0.1) is 0 Å². The Morgan fingerprint density at radius 3 is 2.63 bits per heavy atom. The van der Waals surface area contributed by atoms with Crippen LogP contribution in [0.1, 0.15) is 32.0 Å². The Balaban J connectivity index is 2.26. The van der Waals surface area contributed by atoms with Crippen LogP contribution in [0.4, 0.5) is 10.6 Å². The predicted molar refractivity (Wildman–Crippen MR) is 74.5 cm³/mol. The third-order valence-electron chi connectivity index (χ3n) is 2.62. The van der Waals surface area contributed by atoms with E-state index in [1.54, 1.807) is 0 Å². The average Bonchev–Trinajstić information content (AvgIpc) is 2.54. The van der Waals surface area contributed by atoms with E-state index in [9.17, 15) is 4.79 Å². The van der Waals surface area contributed by atoms with Crippen molar-refractivity contribution in [3.8, 4) is 0 Å². The molecule has 0 fully saturated rings. The summed E-state index contributed by atoms with van der Waals surface area (Å²) in [6.07, 6.45) is 1.49. The number of rotatable bonds is 1. The maximum Gasteiger partial charge on any atom is 0.413 e. The van der Waals surface area contributed by atoms with Crippen LogP contribution in [-0.4, -0.2) is 21.1 Å². The Kier molecular flexibility index (Phi) is 3.22. The third kappa shape index (κ3) is 3.05. The number of nitrogens with zero attached hydrogens (tertiary/aromatic N) is 2. The molecule has 0 aliphatic heterocycles. The van der Waals surface area contributed by atoms with E-state index in [4.69, 9.17) is 4.74 Å². The van der Waals surface area contributed by atoms with Crippen LogP contribution in [-0.2, 0) is 4.74 Å². The van der Waals surface area contributed by atoms with Gasteiger partial charge in [0.15, 0.2) is 5.82 Å². The Labute approximate surface area is 112 Å². The number of hydrogen-bond donors (Lipinski definition) is 1. The summed E-state index contributed by atoms with van der Waals surface area (Å²) in [4.78, 5) is 16.1. The molecule has 0 aromatic carbocycles. The first-order valence-electron chi connectivity index (χ1n) is 6.21. The van der Waals surface area contributed by atoms with Gasteiger partial charge >= 0.3 is 6.09 Å². The van der Waals surface area contributed by atoms with Crippen molar-refractivity contribution in [3.63, 3.8) is 0 Å². The summed E-state index contributed by atoms with van der Waals surface area (Å²) in [5.74, 6) is 0.528. The van der Waals surface area contributed by atoms with E-state index in [0.717, 1.165) is 16.9 Å². The molecule has 19 heavy (non-hydrogen) atoms. The van der Waals surface area contributed by atoms with Gasteiger partial charge in [0.1, 0.15) is 11.2 Å². The highest BCUT2D eigenvalue weighted by Crippen LogP contribution is 2.18. The molecule has 0 aliphatic rings. The zero-order valence-corrected chi connectivity index (χ0v) is 11.9. The van der Waals surface area contributed by atoms with Gasteiger partial charge in [0, 0.05) is 6.20 Å². The highest BCUT2D eigenvalue weighted by Gasteiger charge is 2.18. The SMILES string of the molecule is Cc1ccc2nc(NC(=O)OC(C)(C)C)c(C)n2c1. The maximum atomic E-state index is 11.7. The van der Waals surface area contributed by atoms with E-state index in [1.165, 1.54) is 0 Å². The van der Waals surface area contributed by atoms with Crippen LogP contribution in [0.25, 0.3) is 5.65 Å². The second-order valence-electron chi connectivity index (χ2n) is 5.61. The average molecular weight is 261 g/mol. The highest BCUT2D eigenvalue weighted by atomic mass is 16.6. The monoisotopic (exact) mass is 261 g/mol. The van der Waals surface area contributed by atoms with E-state index in [0.29, 0.717) is 5.82 Å². The first-order chi connectivity index (χ1) is 8.76. The van der Waals surface area contributed by atoms with Crippen molar-refractivity contribution >= 4 is 17.6 Å². The second-order valence-corrected chi connectivity index (χ2v) is 5.61. The van der Waals surface area contributed by atoms with Gasteiger partial charge in [0.2, 0.25) is 0 Å². The van der Waals surface area contributed by atoms with Gasteiger partial charge < -0.3 is 9.14 Å². The number of imidazole rings is 1. The number of aryl methyl sites for hydroxylation is 2. The van der Waals surface area contributed by atoms with Crippen LogP contribution in [0.3, 0.4) is 0 Å². The molecule has 102 valence electrons. The number of carbonyl (C=O) groups is 1. The van der Waals surface area contributed by atoms with Gasteiger partial charge in [0.05, 0.1) is 5.69 Å². The minimum Gasteiger partial charge on any atom is -0.444 e. The van der Waals surface area contributed by atoms with Crippen molar-refractivity contribution in [2.24, 2.45) is 0 Å². The largest absolute Gasteiger partial charge is 0.444 e. The van der Waals surface area contributed by atoms with Crippen LogP contribution < -0.4 is 5.32 Å². The number of ether oxygens (including phenoxy) is 1. The molecule has 0 bridgehead atoms. The lowest BCUT2D eigenvalue weighted by atomic mass is 10.2. The number of hydrogen-bond acceptors (Lipinski definition) is 3. The summed E-state index contributed by atoms with van der Waals surface area (Å²) >= 11 is 0. The summed E-state index contributed by atoms with van der Waals surface area (Å²) in [5, 5.41) is 2.68. The summed E-state index contributed by atoms with van der Waals surface area (Å²) in [5.41, 5.74) is 2.30. The highest BCUT2D eigenvalue weighted by molar-refractivity contribution is 5.85. The molecule has 1 N–H and O–H groups in total. The molecule has 0 unspecified atom stereocenters. The molecule has 0 saturated heterocycles. The molecule has 2 aromatic rings. The number of fused-ring (bicyclic) bond motifs is 1. The fourth-order valence-electron chi connectivity index (χ4n) is 1.79. The van der Waals surface area contributed by atoms with Crippen molar-refractivity contribution in [1.82, 2.24) is 9.38 Å². The van der Waals surface area contributed by atoms with E-state index in [2.05, 4.69) is 10.3 Å². The fourth-order valence-corrected chi connectivity index (χ4v) is 1.79.